The molecular formula is C27H16S. The van der Waals surface area contributed by atoms with Gasteiger partial charge in [0.1, 0.15) is 0 Å². The van der Waals surface area contributed by atoms with Crippen molar-refractivity contribution in [1.82, 2.24) is 0 Å². The molecule has 0 radical (unpaired) electrons. The summed E-state index contributed by atoms with van der Waals surface area (Å²) in [6.45, 7) is 0. The van der Waals surface area contributed by atoms with Crippen molar-refractivity contribution in [3.8, 4) is 11.1 Å². The Labute approximate surface area is 166 Å². The molecule has 0 unspecified atom stereocenters. The lowest BCUT2D eigenvalue weighted by molar-refractivity contribution is 1.29. The summed E-state index contributed by atoms with van der Waals surface area (Å²) >= 11 is 1.93. The van der Waals surface area contributed by atoms with Crippen molar-refractivity contribution in [2.75, 3.05) is 0 Å². The van der Waals surface area contributed by atoms with Gasteiger partial charge in [-0.2, -0.15) is 0 Å². The Morgan fingerprint density at radius 1 is 0.536 bits per heavy atom. The molecule has 1 aliphatic rings. The lowest BCUT2D eigenvalue weighted by atomic mass is 9.91. The summed E-state index contributed by atoms with van der Waals surface area (Å²) in [6.07, 6.45) is 1.03. The third kappa shape index (κ3) is 1.75. The van der Waals surface area contributed by atoms with Crippen LogP contribution in [0.2, 0.25) is 0 Å². The third-order valence-corrected chi connectivity index (χ3v) is 7.50. The average Bonchev–Trinajstić information content (AvgIpc) is 3.32. The fourth-order valence-electron chi connectivity index (χ4n) is 5.13. The number of hydrogen-bond acceptors (Lipinski definition) is 1. The molecule has 5 aromatic carbocycles. The Hall–Kier alpha value is -3.16. The molecule has 0 aliphatic heterocycles. The Kier molecular flexibility index (Phi) is 2.76. The maximum absolute atomic E-state index is 2.37. The van der Waals surface area contributed by atoms with Gasteiger partial charge < -0.3 is 0 Å². The summed E-state index contributed by atoms with van der Waals surface area (Å²) in [6, 6.07) is 31.4. The summed E-state index contributed by atoms with van der Waals surface area (Å²) < 4.78 is 2.79. The van der Waals surface area contributed by atoms with Crippen molar-refractivity contribution in [1.29, 1.82) is 0 Å². The van der Waals surface area contributed by atoms with Gasteiger partial charge in [-0.05, 0) is 50.9 Å². The van der Waals surface area contributed by atoms with Gasteiger partial charge in [0, 0.05) is 25.6 Å². The van der Waals surface area contributed by atoms with Gasteiger partial charge in [0.05, 0.1) is 0 Å². The first kappa shape index (κ1) is 14.8. The Morgan fingerprint density at radius 2 is 1.29 bits per heavy atom. The highest BCUT2D eigenvalue weighted by atomic mass is 32.1. The van der Waals surface area contributed by atoms with Crippen LogP contribution >= 0.6 is 11.3 Å². The third-order valence-electron chi connectivity index (χ3n) is 6.29. The predicted molar refractivity (Wildman–Crippen MR) is 123 cm³/mol. The van der Waals surface area contributed by atoms with Crippen LogP contribution in [0.25, 0.3) is 52.8 Å². The van der Waals surface area contributed by atoms with E-state index in [1.807, 2.05) is 11.3 Å². The first-order valence-electron chi connectivity index (χ1n) is 9.76. The lowest BCUT2D eigenvalue weighted by Gasteiger charge is -2.12. The number of fused-ring (bicyclic) bond motifs is 12. The summed E-state index contributed by atoms with van der Waals surface area (Å²) in [5.41, 5.74) is 5.75. The van der Waals surface area contributed by atoms with Gasteiger partial charge >= 0.3 is 0 Å². The largest absolute Gasteiger partial charge is 0.135 e. The SMILES string of the molecule is c1ccc2c(c1)Cc1c-2ccc2c1c1ccccc1c1sc3ccccc3c21. The van der Waals surface area contributed by atoms with E-state index in [-0.39, 0.29) is 0 Å². The molecule has 0 amide bonds. The van der Waals surface area contributed by atoms with E-state index in [4.69, 9.17) is 0 Å². The van der Waals surface area contributed by atoms with Crippen LogP contribution in [-0.2, 0) is 6.42 Å². The minimum absolute atomic E-state index is 1.03. The van der Waals surface area contributed by atoms with Crippen LogP contribution in [0, 0.1) is 0 Å². The van der Waals surface area contributed by atoms with Gasteiger partial charge in [0.2, 0.25) is 0 Å². The second-order valence-corrected chi connectivity index (χ2v) is 8.75. The van der Waals surface area contributed by atoms with Crippen LogP contribution in [0.15, 0.2) is 84.9 Å². The van der Waals surface area contributed by atoms with Crippen molar-refractivity contribution in [3.05, 3.63) is 96.1 Å². The molecule has 0 atom stereocenters. The maximum Gasteiger partial charge on any atom is 0.0440 e. The molecule has 1 heterocycles. The number of hydrogen-bond donors (Lipinski definition) is 0. The van der Waals surface area contributed by atoms with Crippen molar-refractivity contribution < 1.29 is 0 Å². The first-order chi connectivity index (χ1) is 13.9. The lowest BCUT2D eigenvalue weighted by Crippen LogP contribution is -1.87. The summed E-state index contributed by atoms with van der Waals surface area (Å²) in [4.78, 5) is 0. The van der Waals surface area contributed by atoms with Crippen LogP contribution in [0.1, 0.15) is 11.1 Å². The minimum atomic E-state index is 1.03. The topological polar surface area (TPSA) is 0 Å². The van der Waals surface area contributed by atoms with E-state index in [1.165, 1.54) is 64.0 Å². The van der Waals surface area contributed by atoms with Gasteiger partial charge in [-0.15, -0.1) is 11.3 Å². The monoisotopic (exact) mass is 372 g/mol. The van der Waals surface area contributed by atoms with Crippen molar-refractivity contribution in [3.63, 3.8) is 0 Å². The Balaban J connectivity index is 1.78. The van der Waals surface area contributed by atoms with E-state index in [1.54, 1.807) is 0 Å². The maximum atomic E-state index is 2.37. The van der Waals surface area contributed by atoms with Crippen LogP contribution in [0.4, 0.5) is 0 Å². The molecule has 6 aromatic rings. The Morgan fingerprint density at radius 3 is 2.21 bits per heavy atom. The fraction of sp³-hybridized carbons (Fsp3) is 0.0370. The highest BCUT2D eigenvalue weighted by Gasteiger charge is 2.23. The number of benzene rings is 5. The van der Waals surface area contributed by atoms with E-state index in [2.05, 4.69) is 84.9 Å². The summed E-state index contributed by atoms with van der Waals surface area (Å²) in [5, 5.41) is 8.43. The number of rotatable bonds is 0. The normalized spacial score (nSPS) is 12.9. The molecule has 28 heavy (non-hydrogen) atoms. The van der Waals surface area contributed by atoms with Crippen LogP contribution < -0.4 is 0 Å². The van der Waals surface area contributed by atoms with E-state index in [0.717, 1.165) is 6.42 Å². The van der Waals surface area contributed by atoms with E-state index < -0.39 is 0 Å². The van der Waals surface area contributed by atoms with Gasteiger partial charge in [0.25, 0.3) is 0 Å². The highest BCUT2D eigenvalue weighted by Crippen LogP contribution is 2.48. The van der Waals surface area contributed by atoms with Gasteiger partial charge in [0.15, 0.2) is 0 Å². The molecule has 0 fully saturated rings. The van der Waals surface area contributed by atoms with Crippen molar-refractivity contribution >= 4 is 53.1 Å². The van der Waals surface area contributed by atoms with Crippen LogP contribution in [0.5, 0.6) is 0 Å². The number of thiophene rings is 1. The molecule has 1 aromatic heterocycles. The zero-order valence-electron chi connectivity index (χ0n) is 15.2. The van der Waals surface area contributed by atoms with Crippen LogP contribution in [-0.4, -0.2) is 0 Å². The standard InChI is InChI=1S/C27H16S/c1-2-8-17-16(7-1)15-23-18(17)13-14-22-25(23)19-9-3-4-10-20(19)27-26(22)21-11-5-6-12-24(21)28-27/h1-14H,15H2. The van der Waals surface area contributed by atoms with Crippen molar-refractivity contribution in [2.45, 2.75) is 6.42 Å². The molecule has 1 aliphatic carbocycles. The van der Waals surface area contributed by atoms with E-state index in [0.29, 0.717) is 0 Å². The molecule has 0 saturated carbocycles. The molecule has 0 N–H and O–H groups in total. The highest BCUT2D eigenvalue weighted by molar-refractivity contribution is 7.27. The predicted octanol–water partition coefficient (Wildman–Crippen LogP) is 7.93. The molecule has 0 spiro atoms. The molecule has 0 saturated heterocycles. The van der Waals surface area contributed by atoms with Gasteiger partial charge in [-0.25, -0.2) is 0 Å². The summed E-state index contributed by atoms with van der Waals surface area (Å²) in [7, 11) is 0. The minimum Gasteiger partial charge on any atom is -0.135 e. The Bertz CT molecular complexity index is 1580. The smallest absolute Gasteiger partial charge is 0.0440 e. The van der Waals surface area contributed by atoms with Gasteiger partial charge in [-0.1, -0.05) is 78.9 Å². The molecule has 0 bridgehead atoms. The second kappa shape index (κ2) is 5.21. The average molecular weight is 372 g/mol. The zero-order valence-corrected chi connectivity index (χ0v) is 16.0. The van der Waals surface area contributed by atoms with E-state index in [9.17, 15) is 0 Å². The zero-order chi connectivity index (χ0) is 18.2. The molecule has 0 nitrogen and oxygen atoms in total. The van der Waals surface area contributed by atoms with Gasteiger partial charge in [-0.3, -0.25) is 0 Å². The first-order valence-corrected chi connectivity index (χ1v) is 10.6. The molecule has 130 valence electrons. The summed E-state index contributed by atoms with van der Waals surface area (Å²) in [5.74, 6) is 0. The quantitative estimate of drug-likeness (QED) is 0.237. The molecule has 1 heteroatoms. The van der Waals surface area contributed by atoms with E-state index >= 15 is 0 Å². The van der Waals surface area contributed by atoms with Crippen molar-refractivity contribution in [2.24, 2.45) is 0 Å². The van der Waals surface area contributed by atoms with Crippen LogP contribution in [0.3, 0.4) is 0 Å². The second-order valence-electron chi connectivity index (χ2n) is 7.70. The fourth-order valence-corrected chi connectivity index (χ4v) is 6.39. The molecule has 7 rings (SSSR count). The molecular weight excluding hydrogens is 356 g/mol.